The Morgan fingerprint density at radius 3 is 0.969 bits per heavy atom. The molecule has 2 fully saturated rings. The summed E-state index contributed by atoms with van der Waals surface area (Å²) in [6, 6.07) is 60.4. The molecule has 10 atom stereocenters. The number of hydrogen-bond donors (Lipinski definition) is 0. The van der Waals surface area contributed by atoms with E-state index in [1.54, 1.807) is 7.11 Å². The van der Waals surface area contributed by atoms with Crippen molar-refractivity contribution in [3.05, 3.63) is 215 Å². The van der Waals surface area contributed by atoms with Gasteiger partial charge in [-0.05, 0) is 40.3 Å². The van der Waals surface area contributed by atoms with E-state index in [9.17, 15) is 0 Å². The molecular formula is C55H60O10. The Kier molecular flexibility index (Phi) is 17.5. The van der Waals surface area contributed by atoms with E-state index in [2.05, 4.69) is 0 Å². The lowest BCUT2D eigenvalue weighted by molar-refractivity contribution is -0.347. The molecule has 65 heavy (non-hydrogen) atoms. The van der Waals surface area contributed by atoms with Gasteiger partial charge in [-0.25, -0.2) is 0 Å². The van der Waals surface area contributed by atoms with Gasteiger partial charge in [-0.3, -0.25) is 0 Å². The van der Waals surface area contributed by atoms with Crippen LogP contribution in [0, 0.1) is 0 Å². The van der Waals surface area contributed by atoms with Crippen molar-refractivity contribution in [3.63, 3.8) is 0 Å². The first-order valence-corrected chi connectivity index (χ1v) is 22.5. The third kappa shape index (κ3) is 13.3. The van der Waals surface area contributed by atoms with Crippen LogP contribution in [0.1, 0.15) is 40.3 Å². The highest BCUT2D eigenvalue weighted by molar-refractivity contribution is 5.18. The quantitative estimate of drug-likeness (QED) is 0.0657. The van der Waals surface area contributed by atoms with Crippen molar-refractivity contribution in [2.75, 3.05) is 13.7 Å². The monoisotopic (exact) mass is 880 g/mol. The average Bonchev–Trinajstić information content (AvgIpc) is 3.36. The lowest BCUT2D eigenvalue weighted by Gasteiger charge is -2.47. The van der Waals surface area contributed by atoms with Gasteiger partial charge in [0, 0.05) is 7.11 Å². The summed E-state index contributed by atoms with van der Waals surface area (Å²) in [5.74, 6) is 0. The minimum atomic E-state index is -0.888. The molecular weight excluding hydrogens is 821 g/mol. The summed E-state index contributed by atoms with van der Waals surface area (Å²) in [5.41, 5.74) is 6.09. The first-order chi connectivity index (χ1) is 32.1. The average molecular weight is 881 g/mol. The predicted octanol–water partition coefficient (Wildman–Crippen LogP) is 9.63. The molecule has 0 amide bonds. The van der Waals surface area contributed by atoms with Crippen LogP contribution in [0.25, 0.3) is 0 Å². The molecule has 10 heteroatoms. The maximum atomic E-state index is 6.90. The van der Waals surface area contributed by atoms with E-state index >= 15 is 0 Å². The summed E-state index contributed by atoms with van der Waals surface area (Å²) in [4.78, 5) is 0. The number of ether oxygens (including phenoxy) is 10. The van der Waals surface area contributed by atoms with Gasteiger partial charge in [0.25, 0.3) is 0 Å². The molecule has 0 N–H and O–H groups in total. The van der Waals surface area contributed by atoms with Gasteiger partial charge in [-0.2, -0.15) is 0 Å². The Morgan fingerprint density at radius 1 is 0.323 bits per heavy atom. The highest BCUT2D eigenvalue weighted by Crippen LogP contribution is 2.34. The van der Waals surface area contributed by atoms with Crippen molar-refractivity contribution in [1.82, 2.24) is 0 Å². The number of rotatable bonds is 22. The van der Waals surface area contributed by atoms with Gasteiger partial charge in [0.05, 0.1) is 52.4 Å². The molecule has 2 heterocycles. The van der Waals surface area contributed by atoms with Crippen molar-refractivity contribution in [2.24, 2.45) is 0 Å². The van der Waals surface area contributed by atoms with Crippen LogP contribution >= 0.6 is 0 Å². The van der Waals surface area contributed by atoms with E-state index in [-0.39, 0.29) is 6.61 Å². The molecule has 6 aromatic carbocycles. The highest BCUT2D eigenvalue weighted by atomic mass is 16.7. The van der Waals surface area contributed by atoms with Crippen molar-refractivity contribution in [3.8, 4) is 0 Å². The minimum absolute atomic E-state index is 0.0411. The van der Waals surface area contributed by atoms with Crippen LogP contribution in [-0.2, 0) is 87.0 Å². The summed E-state index contributed by atoms with van der Waals surface area (Å²) in [6.07, 6.45) is -6.59. The van der Waals surface area contributed by atoms with E-state index in [4.69, 9.17) is 47.4 Å². The SMILES string of the molecule is CO[C@H]1O[C@H](CO[C@@H]2O[C@H](C)[C@@H](OCc3ccccc3)[C@H](OCc3ccccc3)[C@@H]2OCc2ccccc2)[C@@H](OCc2ccccc2)[C@H](OCc2ccccc2)[C@H]1OCc1ccccc1. The fourth-order valence-electron chi connectivity index (χ4n) is 8.26. The molecule has 0 radical (unpaired) electrons. The third-order valence-corrected chi connectivity index (χ3v) is 11.7. The lowest BCUT2D eigenvalue weighted by Crippen LogP contribution is -2.63. The second kappa shape index (κ2) is 24.4. The van der Waals surface area contributed by atoms with Crippen molar-refractivity contribution < 1.29 is 47.4 Å². The van der Waals surface area contributed by atoms with Crippen molar-refractivity contribution >= 4 is 0 Å². The van der Waals surface area contributed by atoms with Crippen LogP contribution < -0.4 is 0 Å². The van der Waals surface area contributed by atoms with E-state index in [0.717, 1.165) is 33.4 Å². The molecule has 6 aromatic rings. The number of methoxy groups -OCH3 is 1. The van der Waals surface area contributed by atoms with E-state index < -0.39 is 61.4 Å². The Morgan fingerprint density at radius 2 is 0.615 bits per heavy atom. The van der Waals surface area contributed by atoms with Gasteiger partial charge in [0.1, 0.15) is 42.7 Å². The summed E-state index contributed by atoms with van der Waals surface area (Å²) < 4.78 is 67.4. The van der Waals surface area contributed by atoms with Gasteiger partial charge < -0.3 is 47.4 Å². The molecule has 0 aromatic heterocycles. The molecule has 2 aliphatic rings. The van der Waals surface area contributed by atoms with E-state index in [0.29, 0.717) is 39.6 Å². The fourth-order valence-corrected chi connectivity index (χ4v) is 8.26. The topological polar surface area (TPSA) is 92.3 Å². The third-order valence-electron chi connectivity index (χ3n) is 11.7. The summed E-state index contributed by atoms with van der Waals surface area (Å²) in [7, 11) is 1.62. The Labute approximate surface area is 383 Å². The largest absolute Gasteiger partial charge is 0.368 e. The van der Waals surface area contributed by atoms with Crippen LogP contribution in [0.3, 0.4) is 0 Å². The molecule has 340 valence electrons. The first kappa shape index (κ1) is 46.4. The maximum absolute atomic E-state index is 6.90. The molecule has 10 nitrogen and oxygen atoms in total. The van der Waals surface area contributed by atoms with Gasteiger partial charge in [-0.15, -0.1) is 0 Å². The molecule has 2 aliphatic heterocycles. The Hall–Kier alpha value is -5.08. The molecule has 0 aliphatic carbocycles. The zero-order valence-electron chi connectivity index (χ0n) is 37.1. The smallest absolute Gasteiger partial charge is 0.186 e. The van der Waals surface area contributed by atoms with Crippen LogP contribution in [0.15, 0.2) is 182 Å². The van der Waals surface area contributed by atoms with Crippen molar-refractivity contribution in [1.29, 1.82) is 0 Å². The number of hydrogen-bond acceptors (Lipinski definition) is 10. The zero-order chi connectivity index (χ0) is 44.5. The normalized spacial score (nSPS) is 25.6. The van der Waals surface area contributed by atoms with E-state index in [1.807, 2.05) is 189 Å². The lowest BCUT2D eigenvalue weighted by atomic mass is 9.97. The van der Waals surface area contributed by atoms with Crippen LogP contribution in [-0.4, -0.2) is 75.1 Å². The van der Waals surface area contributed by atoms with Gasteiger partial charge >= 0.3 is 0 Å². The minimum Gasteiger partial charge on any atom is -0.368 e. The molecule has 0 spiro atoms. The zero-order valence-corrected chi connectivity index (χ0v) is 37.1. The molecule has 0 saturated carbocycles. The standard InChI is InChI=1S/C55H60O10/c1-40-48(57-33-41-21-9-3-10-22-41)50(59-35-43-25-13-5-14-26-43)53(62-38-46-31-19-8-20-32-46)55(64-40)63-39-47-49(58-34-42-23-11-4-12-24-42)51(60-36-44-27-15-6-16-28-44)52(54(56-2)65-47)61-37-45-29-17-7-18-30-45/h3-32,40,47-55H,33-39H2,1-2H3/t40-,47-,48-,49-,50+,51+,52-,53+,54+,55-/m1/s1. The molecule has 0 bridgehead atoms. The highest BCUT2D eigenvalue weighted by Gasteiger charge is 2.51. The van der Waals surface area contributed by atoms with Crippen LogP contribution in [0.4, 0.5) is 0 Å². The van der Waals surface area contributed by atoms with Crippen molar-refractivity contribution in [2.45, 2.75) is 108 Å². The Balaban J connectivity index is 1.09. The second-order valence-electron chi connectivity index (χ2n) is 16.4. The second-order valence-corrected chi connectivity index (χ2v) is 16.4. The molecule has 0 unspecified atom stereocenters. The van der Waals surface area contributed by atoms with Crippen LogP contribution in [0.2, 0.25) is 0 Å². The summed E-state index contributed by atoms with van der Waals surface area (Å²) in [6.45, 7) is 3.97. The molecule has 8 rings (SSSR count). The first-order valence-electron chi connectivity index (χ1n) is 22.5. The Bertz CT molecular complexity index is 2200. The summed E-state index contributed by atoms with van der Waals surface area (Å²) in [5, 5.41) is 0. The van der Waals surface area contributed by atoms with Gasteiger partial charge in [0.2, 0.25) is 0 Å². The maximum Gasteiger partial charge on any atom is 0.186 e. The van der Waals surface area contributed by atoms with Gasteiger partial charge in [-0.1, -0.05) is 182 Å². The summed E-state index contributed by atoms with van der Waals surface area (Å²) >= 11 is 0. The predicted molar refractivity (Wildman–Crippen MR) is 246 cm³/mol. The number of benzene rings is 6. The van der Waals surface area contributed by atoms with E-state index in [1.165, 1.54) is 0 Å². The molecule has 2 saturated heterocycles. The van der Waals surface area contributed by atoms with Gasteiger partial charge in [0.15, 0.2) is 12.6 Å². The van der Waals surface area contributed by atoms with Crippen LogP contribution in [0.5, 0.6) is 0 Å². The fraction of sp³-hybridized carbons (Fsp3) is 0.345.